The van der Waals surface area contributed by atoms with Gasteiger partial charge in [-0.25, -0.2) is 15.0 Å². The lowest BCUT2D eigenvalue weighted by atomic mass is 10.1. The zero-order valence-electron chi connectivity index (χ0n) is 25.5. The van der Waals surface area contributed by atoms with Crippen LogP contribution in [0, 0.1) is 0 Å². The molecular formula is C29H54N5O5PSi. The van der Waals surface area contributed by atoms with Crippen LogP contribution < -0.4 is 5.73 Å². The van der Waals surface area contributed by atoms with Gasteiger partial charge in [0.15, 0.2) is 11.5 Å². The Balaban J connectivity index is 1.07. The number of hydrogen-bond acceptors (Lipinski definition) is 8. The molecule has 1 saturated heterocycles. The third-order valence-corrected chi connectivity index (χ3v) is 14.0. The lowest BCUT2D eigenvalue weighted by Crippen LogP contribution is -2.37. The molecule has 0 spiro atoms. The molecular weight excluding hydrogens is 557 g/mol. The monoisotopic (exact) mass is 611 g/mol. The van der Waals surface area contributed by atoms with Gasteiger partial charge < -0.3 is 29.2 Å². The average Bonchev–Trinajstić information content (AvgIpc) is 3.34. The van der Waals surface area contributed by atoms with E-state index in [0.29, 0.717) is 36.7 Å². The van der Waals surface area contributed by atoms with Crippen LogP contribution in [0.5, 0.6) is 0 Å². The Morgan fingerprint density at radius 2 is 1.59 bits per heavy atom. The molecule has 1 fully saturated rings. The summed E-state index contributed by atoms with van der Waals surface area (Å²) < 4.78 is 30.3. The van der Waals surface area contributed by atoms with E-state index in [4.69, 9.17) is 19.7 Å². The first-order chi connectivity index (χ1) is 19.8. The Kier molecular flexibility index (Phi) is 15.3. The molecule has 0 radical (unpaired) electrons. The predicted molar refractivity (Wildman–Crippen MR) is 168 cm³/mol. The van der Waals surface area contributed by atoms with E-state index in [9.17, 15) is 9.46 Å². The summed E-state index contributed by atoms with van der Waals surface area (Å²) in [5.41, 5.74) is 6.92. The van der Waals surface area contributed by atoms with E-state index in [0.717, 1.165) is 12.8 Å². The fourth-order valence-electron chi connectivity index (χ4n) is 5.52. The molecule has 0 bridgehead atoms. The summed E-state index contributed by atoms with van der Waals surface area (Å²) in [6, 6.07) is 4.79. The molecule has 0 saturated carbocycles. The first-order valence-corrected chi connectivity index (χ1v) is 20.7. The van der Waals surface area contributed by atoms with Crippen molar-refractivity contribution in [3.8, 4) is 0 Å². The van der Waals surface area contributed by atoms with Crippen molar-refractivity contribution in [1.82, 2.24) is 19.5 Å². The third kappa shape index (κ3) is 13.2. The number of nitrogens with two attached hydrogens (primary N) is 1. The van der Waals surface area contributed by atoms with Crippen LogP contribution in [-0.2, 0) is 25.1 Å². The Morgan fingerprint density at radius 1 is 0.951 bits per heavy atom. The maximum atomic E-state index is 12.3. The molecule has 1 aliphatic heterocycles. The van der Waals surface area contributed by atoms with Crippen LogP contribution in [-0.4, -0.2) is 64.8 Å². The lowest BCUT2D eigenvalue weighted by Gasteiger charge is -2.36. The molecule has 12 heteroatoms. The Hall–Kier alpha value is -1.36. The number of fused-ring (bicyclic) bond motifs is 1. The van der Waals surface area contributed by atoms with Crippen molar-refractivity contribution in [3.05, 3.63) is 12.7 Å². The fraction of sp³-hybridized carbons (Fsp3) is 0.828. The van der Waals surface area contributed by atoms with Gasteiger partial charge in [-0.2, -0.15) is 0 Å². The van der Waals surface area contributed by atoms with Gasteiger partial charge in [-0.05, 0) is 13.3 Å². The average molecular weight is 612 g/mol. The molecule has 2 aromatic heterocycles. The fourth-order valence-corrected chi connectivity index (χ4v) is 9.56. The molecule has 3 N–H and O–H groups in total. The van der Waals surface area contributed by atoms with E-state index in [2.05, 4.69) is 21.5 Å². The van der Waals surface area contributed by atoms with E-state index in [1.165, 1.54) is 77.0 Å². The highest BCUT2D eigenvalue weighted by atomic mass is 31.2. The van der Waals surface area contributed by atoms with Crippen molar-refractivity contribution in [2.75, 3.05) is 31.9 Å². The van der Waals surface area contributed by atoms with Crippen LogP contribution in [0.1, 0.15) is 90.4 Å². The van der Waals surface area contributed by atoms with E-state index in [-0.39, 0.29) is 12.7 Å². The van der Waals surface area contributed by atoms with Crippen LogP contribution in [0.2, 0.25) is 24.7 Å². The van der Waals surface area contributed by atoms with Gasteiger partial charge in [0.1, 0.15) is 18.2 Å². The molecule has 0 amide bonds. The number of ether oxygens (including phenoxy) is 2. The van der Waals surface area contributed by atoms with E-state index in [1.54, 1.807) is 36.0 Å². The minimum atomic E-state index is -3.86. The topological polar surface area (TPSA) is 135 Å². The van der Waals surface area contributed by atoms with Crippen molar-refractivity contribution < 1.29 is 23.5 Å². The van der Waals surface area contributed by atoms with Crippen molar-refractivity contribution in [1.29, 1.82) is 0 Å². The van der Waals surface area contributed by atoms with Gasteiger partial charge in [0.05, 0.1) is 40.3 Å². The molecule has 234 valence electrons. The number of nitrogens with zero attached hydrogens (tertiary/aromatic N) is 4. The van der Waals surface area contributed by atoms with Crippen LogP contribution in [0.3, 0.4) is 0 Å². The van der Waals surface area contributed by atoms with Gasteiger partial charge in [-0.1, -0.05) is 102 Å². The summed E-state index contributed by atoms with van der Waals surface area (Å²) in [7, 11) is -4.54. The summed E-state index contributed by atoms with van der Waals surface area (Å²) in [6.07, 6.45) is 19.8. The number of rotatable bonds is 24. The molecule has 1 unspecified atom stereocenters. The molecule has 10 nitrogen and oxygen atoms in total. The third-order valence-electron chi connectivity index (χ3n) is 8.31. The smallest absolute Gasteiger partial charge is 0.353 e. The lowest BCUT2D eigenvalue weighted by molar-refractivity contribution is 0.0610. The number of unbranched alkanes of at least 4 members (excludes halogenated alkanes) is 11. The highest BCUT2D eigenvalue weighted by Gasteiger charge is 2.32. The molecule has 0 aromatic carbocycles. The molecule has 2 aromatic rings. The minimum Gasteiger partial charge on any atom is -0.382 e. The second-order valence-corrected chi connectivity index (χ2v) is 19.1. The zero-order chi connectivity index (χ0) is 29.4. The SMILES string of the molecule is C[C@H](Cn1cnc2c(N)ncnc21)OCP(=O)(O)OCCOCCCCCCCCCCCCCC[Si]1(C)CCC1. The van der Waals surface area contributed by atoms with Gasteiger partial charge >= 0.3 is 7.60 Å². The summed E-state index contributed by atoms with van der Waals surface area (Å²) in [5.74, 6) is 0.309. The first-order valence-electron chi connectivity index (χ1n) is 15.9. The molecule has 0 aliphatic carbocycles. The number of anilines is 1. The zero-order valence-corrected chi connectivity index (χ0v) is 27.4. The molecule has 1 aliphatic rings. The van der Waals surface area contributed by atoms with Crippen LogP contribution in [0.15, 0.2) is 12.7 Å². The second-order valence-electron chi connectivity index (χ2n) is 12.2. The van der Waals surface area contributed by atoms with E-state index < -0.39 is 22.0 Å². The predicted octanol–water partition coefficient (Wildman–Crippen LogP) is 7.15. The largest absolute Gasteiger partial charge is 0.382 e. The number of hydrogen-bond donors (Lipinski definition) is 2. The standard InChI is InChI=1S/C29H54N5O5PSi/c1-26(22-34-24-33-27-28(30)31-23-32-29(27)34)38-25-40(35,36)39-18-17-37-16-13-11-9-7-5-3-4-6-8-10-12-14-19-41(2)20-15-21-41/h23-24,26H,3-22,25H2,1-2H3,(H,35,36)(H2,30,31,32)/t26-/m1/s1. The maximum absolute atomic E-state index is 12.3. The molecule has 2 atom stereocenters. The number of imidazole rings is 1. The van der Waals surface area contributed by atoms with E-state index in [1.807, 2.05) is 0 Å². The van der Waals surface area contributed by atoms with E-state index >= 15 is 0 Å². The molecule has 3 rings (SSSR count). The molecule has 41 heavy (non-hydrogen) atoms. The normalized spacial score (nSPS) is 17.0. The highest BCUT2D eigenvalue weighted by Crippen LogP contribution is 2.42. The van der Waals surface area contributed by atoms with Crippen molar-refractivity contribution in [2.45, 2.75) is 128 Å². The van der Waals surface area contributed by atoms with Gasteiger partial charge in [0, 0.05) is 6.61 Å². The summed E-state index contributed by atoms with van der Waals surface area (Å²) in [5, 5.41) is 0. The van der Waals surface area contributed by atoms with Crippen LogP contribution in [0.4, 0.5) is 5.82 Å². The molecule has 3 heterocycles. The first kappa shape index (κ1) is 34.1. The number of nitrogen functional groups attached to an aromatic ring is 1. The maximum Gasteiger partial charge on any atom is 0.353 e. The number of aromatic nitrogens is 4. The highest BCUT2D eigenvalue weighted by molar-refractivity contribution is 7.52. The summed E-state index contributed by atoms with van der Waals surface area (Å²) in [6.45, 7) is 5.83. The van der Waals surface area contributed by atoms with Gasteiger partial charge in [0.2, 0.25) is 0 Å². The van der Waals surface area contributed by atoms with Crippen molar-refractivity contribution in [3.63, 3.8) is 0 Å². The Bertz CT molecular complexity index is 1050. The second kappa shape index (κ2) is 18.3. The Morgan fingerprint density at radius 3 is 2.22 bits per heavy atom. The van der Waals surface area contributed by atoms with Crippen molar-refractivity contribution >= 4 is 32.7 Å². The van der Waals surface area contributed by atoms with Crippen molar-refractivity contribution in [2.24, 2.45) is 0 Å². The summed E-state index contributed by atoms with van der Waals surface area (Å²) in [4.78, 5) is 22.4. The van der Waals surface area contributed by atoms with Gasteiger partial charge in [-0.15, -0.1) is 0 Å². The quantitative estimate of drug-likeness (QED) is 0.0720. The van der Waals surface area contributed by atoms with Gasteiger partial charge in [-0.3, -0.25) is 4.57 Å². The van der Waals surface area contributed by atoms with Gasteiger partial charge in [0.25, 0.3) is 0 Å². The van der Waals surface area contributed by atoms with Crippen LogP contribution in [0.25, 0.3) is 11.2 Å². The Labute approximate surface area is 247 Å². The minimum absolute atomic E-state index is 0.0645. The summed E-state index contributed by atoms with van der Waals surface area (Å²) >= 11 is 0. The van der Waals surface area contributed by atoms with Crippen LogP contribution >= 0.6 is 7.60 Å².